The van der Waals surface area contributed by atoms with Crippen LogP contribution in [0.4, 0.5) is 0 Å². The Morgan fingerprint density at radius 3 is 2.67 bits per heavy atom. The average molecular weight is 252 g/mol. The maximum absolute atomic E-state index is 10.1. The lowest BCUT2D eigenvalue weighted by Crippen LogP contribution is -2.38. The highest BCUT2D eigenvalue weighted by Gasteiger charge is 2.20. The van der Waals surface area contributed by atoms with Crippen LogP contribution in [0.3, 0.4) is 0 Å². The fraction of sp³-hybridized carbons (Fsp3) is 0.643. The SMILES string of the molecule is COc1ccc(CNCC(C)(O)CC(C)C)cn1. The summed E-state index contributed by atoms with van der Waals surface area (Å²) in [4.78, 5) is 4.14. The van der Waals surface area contributed by atoms with Gasteiger partial charge in [0.1, 0.15) is 0 Å². The van der Waals surface area contributed by atoms with Gasteiger partial charge in [0.2, 0.25) is 5.88 Å². The van der Waals surface area contributed by atoms with Gasteiger partial charge in [0.05, 0.1) is 12.7 Å². The number of ether oxygens (including phenoxy) is 1. The van der Waals surface area contributed by atoms with Gasteiger partial charge in [-0.25, -0.2) is 4.98 Å². The molecule has 0 aliphatic carbocycles. The van der Waals surface area contributed by atoms with Crippen molar-refractivity contribution in [2.24, 2.45) is 5.92 Å². The van der Waals surface area contributed by atoms with Crippen molar-refractivity contribution >= 4 is 0 Å². The Morgan fingerprint density at radius 1 is 1.44 bits per heavy atom. The van der Waals surface area contributed by atoms with Crippen molar-refractivity contribution in [1.82, 2.24) is 10.3 Å². The molecule has 0 amide bonds. The molecule has 1 heterocycles. The molecule has 4 nitrogen and oxygen atoms in total. The maximum Gasteiger partial charge on any atom is 0.212 e. The number of rotatable bonds is 7. The zero-order valence-electron chi connectivity index (χ0n) is 11.7. The van der Waals surface area contributed by atoms with E-state index in [0.717, 1.165) is 12.0 Å². The summed E-state index contributed by atoms with van der Waals surface area (Å²) in [5.41, 5.74) is 0.421. The molecule has 0 saturated carbocycles. The van der Waals surface area contributed by atoms with Gasteiger partial charge in [-0.15, -0.1) is 0 Å². The molecule has 18 heavy (non-hydrogen) atoms. The summed E-state index contributed by atoms with van der Waals surface area (Å²) < 4.78 is 5.00. The molecule has 1 rings (SSSR count). The van der Waals surface area contributed by atoms with Crippen LogP contribution in [0.2, 0.25) is 0 Å². The van der Waals surface area contributed by atoms with Gasteiger partial charge in [-0.2, -0.15) is 0 Å². The van der Waals surface area contributed by atoms with Gasteiger partial charge in [-0.1, -0.05) is 19.9 Å². The normalized spacial score (nSPS) is 14.6. The van der Waals surface area contributed by atoms with Crippen LogP contribution in [0.15, 0.2) is 18.3 Å². The number of nitrogens with zero attached hydrogens (tertiary/aromatic N) is 1. The van der Waals surface area contributed by atoms with Crippen LogP contribution in [0.25, 0.3) is 0 Å². The Morgan fingerprint density at radius 2 is 2.17 bits per heavy atom. The van der Waals surface area contributed by atoms with Gasteiger partial charge < -0.3 is 15.2 Å². The second-order valence-electron chi connectivity index (χ2n) is 5.41. The van der Waals surface area contributed by atoms with Crippen LogP contribution in [0.5, 0.6) is 5.88 Å². The third-order valence-corrected chi connectivity index (χ3v) is 2.69. The standard InChI is InChI=1S/C14H24N2O2/c1-11(2)7-14(3,17)10-15-8-12-5-6-13(18-4)16-9-12/h5-6,9,11,15,17H,7-8,10H2,1-4H3. The van der Waals surface area contributed by atoms with Crippen LogP contribution in [-0.2, 0) is 6.54 Å². The third kappa shape index (κ3) is 5.47. The summed E-state index contributed by atoms with van der Waals surface area (Å²) >= 11 is 0. The molecule has 102 valence electrons. The Hall–Kier alpha value is -1.13. The minimum atomic E-state index is -0.659. The van der Waals surface area contributed by atoms with Crippen molar-refractivity contribution in [3.8, 4) is 5.88 Å². The van der Waals surface area contributed by atoms with E-state index in [-0.39, 0.29) is 0 Å². The van der Waals surface area contributed by atoms with Gasteiger partial charge in [0, 0.05) is 25.4 Å². The molecule has 0 spiro atoms. The van der Waals surface area contributed by atoms with Crippen LogP contribution in [0.1, 0.15) is 32.8 Å². The smallest absolute Gasteiger partial charge is 0.212 e. The van der Waals surface area contributed by atoms with Crippen molar-refractivity contribution in [2.75, 3.05) is 13.7 Å². The molecule has 0 radical (unpaired) electrons. The van der Waals surface area contributed by atoms with E-state index in [1.807, 2.05) is 19.1 Å². The Balaban J connectivity index is 2.36. The zero-order valence-corrected chi connectivity index (χ0v) is 11.7. The van der Waals surface area contributed by atoms with E-state index in [4.69, 9.17) is 4.74 Å². The molecular formula is C14H24N2O2. The number of aliphatic hydroxyl groups is 1. The minimum Gasteiger partial charge on any atom is -0.481 e. The van der Waals surface area contributed by atoms with Crippen LogP contribution >= 0.6 is 0 Å². The van der Waals surface area contributed by atoms with Gasteiger partial charge in [-0.3, -0.25) is 0 Å². The van der Waals surface area contributed by atoms with Crippen molar-refractivity contribution < 1.29 is 9.84 Å². The average Bonchev–Trinajstić information content (AvgIpc) is 2.28. The molecule has 0 aliphatic rings. The first kappa shape index (κ1) is 14.9. The lowest BCUT2D eigenvalue weighted by molar-refractivity contribution is 0.0383. The predicted octanol–water partition coefficient (Wildman–Crippen LogP) is 1.98. The van der Waals surface area contributed by atoms with E-state index >= 15 is 0 Å². The molecular weight excluding hydrogens is 228 g/mol. The van der Waals surface area contributed by atoms with E-state index in [2.05, 4.69) is 24.1 Å². The van der Waals surface area contributed by atoms with E-state index in [9.17, 15) is 5.11 Å². The van der Waals surface area contributed by atoms with Crippen LogP contribution in [0, 0.1) is 5.92 Å². The van der Waals surface area contributed by atoms with Crippen molar-refractivity contribution in [2.45, 2.75) is 39.3 Å². The van der Waals surface area contributed by atoms with Crippen LogP contribution < -0.4 is 10.1 Å². The molecule has 1 aromatic heterocycles. The first-order chi connectivity index (χ1) is 8.43. The first-order valence-corrected chi connectivity index (χ1v) is 6.35. The molecule has 1 unspecified atom stereocenters. The fourth-order valence-corrected chi connectivity index (χ4v) is 2.06. The molecule has 0 saturated heterocycles. The van der Waals surface area contributed by atoms with Gasteiger partial charge in [0.25, 0.3) is 0 Å². The monoisotopic (exact) mass is 252 g/mol. The molecule has 0 fully saturated rings. The molecule has 4 heteroatoms. The molecule has 0 aromatic carbocycles. The number of aromatic nitrogens is 1. The molecule has 0 aliphatic heterocycles. The predicted molar refractivity (Wildman–Crippen MR) is 72.6 cm³/mol. The minimum absolute atomic E-state index is 0.490. The summed E-state index contributed by atoms with van der Waals surface area (Å²) in [5.74, 6) is 1.11. The highest BCUT2D eigenvalue weighted by atomic mass is 16.5. The molecule has 1 aromatic rings. The van der Waals surface area contributed by atoms with Crippen molar-refractivity contribution in [3.63, 3.8) is 0 Å². The Bertz CT molecular complexity index is 347. The topological polar surface area (TPSA) is 54.4 Å². The Kier molecular flexibility index (Phi) is 5.56. The van der Waals surface area contributed by atoms with E-state index in [1.165, 1.54) is 0 Å². The largest absolute Gasteiger partial charge is 0.481 e. The number of nitrogens with one attached hydrogen (secondary N) is 1. The number of methoxy groups -OCH3 is 1. The molecule has 2 N–H and O–H groups in total. The van der Waals surface area contributed by atoms with Gasteiger partial charge >= 0.3 is 0 Å². The van der Waals surface area contributed by atoms with E-state index in [1.54, 1.807) is 13.3 Å². The summed E-state index contributed by atoms with van der Waals surface area (Å²) in [6.45, 7) is 7.37. The van der Waals surface area contributed by atoms with E-state index < -0.39 is 5.60 Å². The lowest BCUT2D eigenvalue weighted by Gasteiger charge is -2.25. The van der Waals surface area contributed by atoms with Crippen molar-refractivity contribution in [3.05, 3.63) is 23.9 Å². The molecule has 1 atom stereocenters. The summed E-state index contributed by atoms with van der Waals surface area (Å²) in [7, 11) is 1.60. The van der Waals surface area contributed by atoms with Crippen LogP contribution in [-0.4, -0.2) is 29.3 Å². The third-order valence-electron chi connectivity index (χ3n) is 2.69. The maximum atomic E-state index is 10.1. The summed E-state index contributed by atoms with van der Waals surface area (Å²) in [5, 5.41) is 13.4. The molecule has 0 bridgehead atoms. The van der Waals surface area contributed by atoms with E-state index in [0.29, 0.717) is 24.9 Å². The van der Waals surface area contributed by atoms with Crippen molar-refractivity contribution in [1.29, 1.82) is 0 Å². The quantitative estimate of drug-likeness (QED) is 0.779. The fourth-order valence-electron chi connectivity index (χ4n) is 2.06. The summed E-state index contributed by atoms with van der Waals surface area (Å²) in [6, 6.07) is 3.80. The highest BCUT2D eigenvalue weighted by molar-refractivity contribution is 5.17. The first-order valence-electron chi connectivity index (χ1n) is 6.35. The second kappa shape index (κ2) is 6.71. The number of hydrogen-bond donors (Lipinski definition) is 2. The number of hydrogen-bond acceptors (Lipinski definition) is 4. The second-order valence-corrected chi connectivity index (χ2v) is 5.41. The number of pyridine rings is 1. The highest BCUT2D eigenvalue weighted by Crippen LogP contribution is 2.15. The zero-order chi connectivity index (χ0) is 13.6. The van der Waals surface area contributed by atoms with Gasteiger partial charge in [-0.05, 0) is 24.8 Å². The van der Waals surface area contributed by atoms with Gasteiger partial charge in [0.15, 0.2) is 0 Å². The Labute approximate surface area is 109 Å². The summed E-state index contributed by atoms with van der Waals surface area (Å²) in [6.07, 6.45) is 2.57. The lowest BCUT2D eigenvalue weighted by atomic mass is 9.94.